The molecule has 1 heterocycles. The molecule has 1 amide bonds. The smallest absolute Gasteiger partial charge is 0.237 e. The number of amides is 1. The summed E-state index contributed by atoms with van der Waals surface area (Å²) in [4.78, 5) is 12.7. The highest BCUT2D eigenvalue weighted by molar-refractivity contribution is 8.00. The first-order valence-corrected chi connectivity index (χ1v) is 9.58. The van der Waals surface area contributed by atoms with Gasteiger partial charge in [0.2, 0.25) is 5.91 Å². The molecule has 28 heavy (non-hydrogen) atoms. The molecule has 0 aliphatic carbocycles. The van der Waals surface area contributed by atoms with Crippen molar-refractivity contribution in [3.8, 4) is 17.2 Å². The summed E-state index contributed by atoms with van der Waals surface area (Å²) in [7, 11) is 3.13. The second-order valence-electron chi connectivity index (χ2n) is 6.02. The molecular weight excluding hydrogens is 376 g/mol. The maximum absolute atomic E-state index is 12.7. The molecule has 3 aromatic rings. The van der Waals surface area contributed by atoms with Crippen molar-refractivity contribution in [3.05, 3.63) is 54.4 Å². The topological polar surface area (TPSA) is 78.3 Å². The standard InChI is InChI=1S/C20H22N4O3S/c1-13(19(25)21-15-10-11-17(26-3)18(12-15)27-4)28-20-23-22-14(2)24(20)16-8-6-5-7-9-16/h5-13H,1-4H3,(H,21,25)/t13-/m1/s1. The summed E-state index contributed by atoms with van der Waals surface area (Å²) >= 11 is 1.35. The third-order valence-electron chi connectivity index (χ3n) is 4.11. The molecule has 146 valence electrons. The van der Waals surface area contributed by atoms with E-state index in [0.717, 1.165) is 11.5 Å². The zero-order chi connectivity index (χ0) is 20.1. The van der Waals surface area contributed by atoms with Gasteiger partial charge in [-0.05, 0) is 38.1 Å². The van der Waals surface area contributed by atoms with E-state index in [1.165, 1.54) is 11.8 Å². The molecule has 1 N–H and O–H groups in total. The Morgan fingerprint density at radius 3 is 2.46 bits per heavy atom. The zero-order valence-electron chi connectivity index (χ0n) is 16.2. The van der Waals surface area contributed by atoms with Gasteiger partial charge in [-0.2, -0.15) is 0 Å². The van der Waals surface area contributed by atoms with Gasteiger partial charge in [0.25, 0.3) is 0 Å². The van der Waals surface area contributed by atoms with Gasteiger partial charge in [-0.3, -0.25) is 9.36 Å². The predicted octanol–water partition coefficient (Wildman–Crippen LogP) is 3.71. The van der Waals surface area contributed by atoms with Crippen molar-refractivity contribution in [3.63, 3.8) is 0 Å². The molecular formula is C20H22N4O3S. The second-order valence-corrected chi connectivity index (χ2v) is 7.33. The number of aryl methyl sites for hydroxylation is 1. The monoisotopic (exact) mass is 398 g/mol. The van der Waals surface area contributed by atoms with Crippen LogP contribution in [-0.4, -0.2) is 40.1 Å². The average Bonchev–Trinajstić information content (AvgIpc) is 3.08. The third-order valence-corrected chi connectivity index (χ3v) is 5.15. The van der Waals surface area contributed by atoms with Crippen LogP contribution >= 0.6 is 11.8 Å². The number of methoxy groups -OCH3 is 2. The lowest BCUT2D eigenvalue weighted by molar-refractivity contribution is -0.115. The summed E-state index contributed by atoms with van der Waals surface area (Å²) in [6.45, 7) is 3.72. The summed E-state index contributed by atoms with van der Waals surface area (Å²) in [5.41, 5.74) is 1.59. The van der Waals surface area contributed by atoms with E-state index in [9.17, 15) is 4.79 Å². The Labute approximate surface area is 168 Å². The number of benzene rings is 2. The number of aromatic nitrogens is 3. The molecule has 7 nitrogen and oxygen atoms in total. The summed E-state index contributed by atoms with van der Waals surface area (Å²) in [5.74, 6) is 1.79. The molecule has 0 spiro atoms. The lowest BCUT2D eigenvalue weighted by Gasteiger charge is -2.14. The van der Waals surface area contributed by atoms with Crippen LogP contribution in [0.15, 0.2) is 53.7 Å². The van der Waals surface area contributed by atoms with Crippen molar-refractivity contribution >= 4 is 23.4 Å². The Bertz CT molecular complexity index is 959. The van der Waals surface area contributed by atoms with Crippen molar-refractivity contribution in [1.82, 2.24) is 14.8 Å². The minimum atomic E-state index is -0.376. The number of para-hydroxylation sites is 1. The van der Waals surface area contributed by atoms with E-state index in [0.29, 0.717) is 22.3 Å². The van der Waals surface area contributed by atoms with Crippen molar-refractivity contribution in [2.75, 3.05) is 19.5 Å². The van der Waals surface area contributed by atoms with E-state index in [1.807, 2.05) is 48.7 Å². The van der Waals surface area contributed by atoms with E-state index in [4.69, 9.17) is 9.47 Å². The highest BCUT2D eigenvalue weighted by Gasteiger charge is 2.20. The highest BCUT2D eigenvalue weighted by Crippen LogP contribution is 2.31. The van der Waals surface area contributed by atoms with Crippen LogP contribution < -0.4 is 14.8 Å². The molecule has 0 bridgehead atoms. The molecule has 0 aliphatic rings. The maximum Gasteiger partial charge on any atom is 0.237 e. The molecule has 0 saturated heterocycles. The van der Waals surface area contributed by atoms with E-state index in [-0.39, 0.29) is 11.2 Å². The fourth-order valence-corrected chi connectivity index (χ4v) is 3.58. The number of nitrogens with zero attached hydrogens (tertiary/aromatic N) is 3. The van der Waals surface area contributed by atoms with Crippen LogP contribution in [0.25, 0.3) is 5.69 Å². The lowest BCUT2D eigenvalue weighted by Crippen LogP contribution is -2.23. The van der Waals surface area contributed by atoms with Crippen LogP contribution in [0.2, 0.25) is 0 Å². The Morgan fingerprint density at radius 2 is 1.79 bits per heavy atom. The fraction of sp³-hybridized carbons (Fsp3) is 0.250. The van der Waals surface area contributed by atoms with Gasteiger partial charge in [0.15, 0.2) is 16.7 Å². The number of anilines is 1. The van der Waals surface area contributed by atoms with E-state index < -0.39 is 0 Å². The Balaban J connectivity index is 1.74. The lowest BCUT2D eigenvalue weighted by atomic mass is 10.2. The number of carbonyl (C=O) groups excluding carboxylic acids is 1. The van der Waals surface area contributed by atoms with Crippen LogP contribution in [-0.2, 0) is 4.79 Å². The largest absolute Gasteiger partial charge is 0.493 e. The summed E-state index contributed by atoms with van der Waals surface area (Å²) < 4.78 is 12.4. The summed E-state index contributed by atoms with van der Waals surface area (Å²) in [6.07, 6.45) is 0. The van der Waals surface area contributed by atoms with Crippen molar-refractivity contribution in [2.24, 2.45) is 0 Å². The van der Waals surface area contributed by atoms with Crippen LogP contribution in [0, 0.1) is 6.92 Å². The zero-order valence-corrected chi connectivity index (χ0v) is 17.0. The normalized spacial score (nSPS) is 11.7. The van der Waals surface area contributed by atoms with Crippen LogP contribution in [0.5, 0.6) is 11.5 Å². The number of rotatable bonds is 7. The SMILES string of the molecule is COc1ccc(NC(=O)[C@@H](C)Sc2nnc(C)n2-c2ccccc2)cc1OC. The van der Waals surface area contributed by atoms with Gasteiger partial charge < -0.3 is 14.8 Å². The predicted molar refractivity (Wildman–Crippen MR) is 110 cm³/mol. The minimum absolute atomic E-state index is 0.141. The van der Waals surface area contributed by atoms with E-state index >= 15 is 0 Å². The van der Waals surface area contributed by atoms with Gasteiger partial charge >= 0.3 is 0 Å². The number of hydrogen-bond acceptors (Lipinski definition) is 6. The molecule has 8 heteroatoms. The Morgan fingerprint density at radius 1 is 1.07 bits per heavy atom. The van der Waals surface area contributed by atoms with Gasteiger partial charge in [-0.25, -0.2) is 0 Å². The molecule has 0 radical (unpaired) electrons. The number of carbonyl (C=O) groups is 1. The van der Waals surface area contributed by atoms with Gasteiger partial charge in [0.05, 0.1) is 19.5 Å². The first kappa shape index (κ1) is 19.8. The van der Waals surface area contributed by atoms with Gasteiger partial charge in [-0.1, -0.05) is 30.0 Å². The first-order chi connectivity index (χ1) is 13.5. The van der Waals surface area contributed by atoms with Crippen molar-refractivity contribution < 1.29 is 14.3 Å². The number of nitrogens with one attached hydrogen (secondary N) is 1. The molecule has 1 atom stereocenters. The van der Waals surface area contributed by atoms with Crippen LogP contribution in [0.3, 0.4) is 0 Å². The highest BCUT2D eigenvalue weighted by atomic mass is 32.2. The number of thioether (sulfide) groups is 1. The maximum atomic E-state index is 12.7. The second kappa shape index (κ2) is 8.79. The Hall–Kier alpha value is -3.00. The first-order valence-electron chi connectivity index (χ1n) is 8.70. The number of hydrogen-bond donors (Lipinski definition) is 1. The summed E-state index contributed by atoms with van der Waals surface area (Å²) in [6, 6.07) is 15.1. The van der Waals surface area contributed by atoms with Crippen LogP contribution in [0.4, 0.5) is 5.69 Å². The van der Waals surface area contributed by atoms with Crippen molar-refractivity contribution in [1.29, 1.82) is 0 Å². The van der Waals surface area contributed by atoms with E-state index in [2.05, 4.69) is 15.5 Å². The molecule has 0 saturated carbocycles. The van der Waals surface area contributed by atoms with Gasteiger partial charge in [0.1, 0.15) is 5.82 Å². The van der Waals surface area contributed by atoms with Crippen molar-refractivity contribution in [2.45, 2.75) is 24.3 Å². The molecule has 0 aliphatic heterocycles. The third kappa shape index (κ3) is 4.28. The van der Waals surface area contributed by atoms with Gasteiger partial charge in [0, 0.05) is 17.4 Å². The minimum Gasteiger partial charge on any atom is -0.493 e. The molecule has 3 rings (SSSR count). The quantitative estimate of drug-likeness (QED) is 0.611. The Kier molecular flexibility index (Phi) is 6.20. The van der Waals surface area contributed by atoms with Gasteiger partial charge in [-0.15, -0.1) is 10.2 Å². The molecule has 0 unspecified atom stereocenters. The fourth-order valence-electron chi connectivity index (χ4n) is 2.66. The molecule has 2 aromatic carbocycles. The molecule has 1 aromatic heterocycles. The van der Waals surface area contributed by atoms with Crippen LogP contribution in [0.1, 0.15) is 12.7 Å². The van der Waals surface area contributed by atoms with E-state index in [1.54, 1.807) is 32.4 Å². The number of ether oxygens (including phenoxy) is 2. The molecule has 0 fully saturated rings. The summed E-state index contributed by atoms with van der Waals surface area (Å²) in [5, 5.41) is 11.6. The average molecular weight is 398 g/mol.